The van der Waals surface area contributed by atoms with Crippen LogP contribution in [-0.2, 0) is 11.2 Å². The summed E-state index contributed by atoms with van der Waals surface area (Å²) in [6.07, 6.45) is 1.21. The van der Waals surface area contributed by atoms with Crippen LogP contribution < -0.4 is 0 Å². The first kappa shape index (κ1) is 9.19. The fraction of sp³-hybridized carbons (Fsp3) is 0.500. The summed E-state index contributed by atoms with van der Waals surface area (Å²) in [4.78, 5) is 14.7. The standard InChI is InChI=1S/C8H11NO2S/c1-2-6(8(10)11)3-7-4-12-5-9-7/h4-6H,2-3H2,1H3,(H,10,11)/t6-/m1/s1. The highest BCUT2D eigenvalue weighted by Crippen LogP contribution is 2.12. The Labute approximate surface area is 75.1 Å². The molecule has 0 spiro atoms. The zero-order valence-corrected chi connectivity index (χ0v) is 7.67. The van der Waals surface area contributed by atoms with Crippen LogP contribution in [0, 0.1) is 5.92 Å². The third-order valence-electron chi connectivity index (χ3n) is 1.78. The molecule has 0 aliphatic heterocycles. The number of hydrogen-bond acceptors (Lipinski definition) is 3. The first-order valence-corrected chi connectivity index (χ1v) is 4.78. The molecule has 1 aromatic rings. The van der Waals surface area contributed by atoms with Crippen molar-refractivity contribution in [3.8, 4) is 0 Å². The average Bonchev–Trinajstić information content (AvgIpc) is 2.51. The first-order valence-electron chi connectivity index (χ1n) is 3.84. The Balaban J connectivity index is 2.54. The van der Waals surface area contributed by atoms with Crippen LogP contribution >= 0.6 is 11.3 Å². The summed E-state index contributed by atoms with van der Waals surface area (Å²) in [6, 6.07) is 0. The summed E-state index contributed by atoms with van der Waals surface area (Å²) in [7, 11) is 0. The lowest BCUT2D eigenvalue weighted by molar-refractivity contribution is -0.141. The molecular weight excluding hydrogens is 174 g/mol. The highest BCUT2D eigenvalue weighted by Gasteiger charge is 2.15. The Kier molecular flexibility index (Phi) is 3.22. The molecule has 0 saturated carbocycles. The van der Waals surface area contributed by atoms with Gasteiger partial charge in [-0.3, -0.25) is 4.79 Å². The van der Waals surface area contributed by atoms with Gasteiger partial charge in [-0.15, -0.1) is 11.3 Å². The van der Waals surface area contributed by atoms with Gasteiger partial charge in [-0.25, -0.2) is 4.98 Å². The van der Waals surface area contributed by atoms with Gasteiger partial charge in [-0.1, -0.05) is 6.92 Å². The Bertz CT molecular complexity index is 246. The van der Waals surface area contributed by atoms with E-state index < -0.39 is 5.97 Å². The number of carbonyl (C=O) groups is 1. The third-order valence-corrected chi connectivity index (χ3v) is 2.42. The van der Waals surface area contributed by atoms with Crippen LogP contribution in [0.3, 0.4) is 0 Å². The quantitative estimate of drug-likeness (QED) is 0.778. The zero-order valence-electron chi connectivity index (χ0n) is 6.86. The summed E-state index contributed by atoms with van der Waals surface area (Å²) < 4.78 is 0. The van der Waals surface area contributed by atoms with Gasteiger partial charge in [0.2, 0.25) is 0 Å². The minimum absolute atomic E-state index is 0.285. The van der Waals surface area contributed by atoms with Crippen LogP contribution in [0.5, 0.6) is 0 Å². The number of hydrogen-bond donors (Lipinski definition) is 1. The van der Waals surface area contributed by atoms with Crippen molar-refractivity contribution >= 4 is 17.3 Å². The zero-order chi connectivity index (χ0) is 8.97. The van der Waals surface area contributed by atoms with E-state index in [4.69, 9.17) is 5.11 Å². The molecular formula is C8H11NO2S. The van der Waals surface area contributed by atoms with E-state index in [1.54, 1.807) is 5.51 Å². The largest absolute Gasteiger partial charge is 0.481 e. The fourth-order valence-electron chi connectivity index (χ4n) is 0.997. The maximum atomic E-state index is 10.6. The Morgan fingerprint density at radius 1 is 1.83 bits per heavy atom. The third kappa shape index (κ3) is 2.30. The van der Waals surface area contributed by atoms with Crippen molar-refractivity contribution in [1.82, 2.24) is 4.98 Å². The van der Waals surface area contributed by atoms with Crippen molar-refractivity contribution in [2.24, 2.45) is 5.92 Å². The van der Waals surface area contributed by atoms with Crippen molar-refractivity contribution in [3.63, 3.8) is 0 Å². The molecule has 1 N–H and O–H groups in total. The highest BCUT2D eigenvalue weighted by atomic mass is 32.1. The van der Waals surface area contributed by atoms with E-state index in [1.165, 1.54) is 11.3 Å². The van der Waals surface area contributed by atoms with Gasteiger partial charge in [0, 0.05) is 11.8 Å². The minimum Gasteiger partial charge on any atom is -0.481 e. The Morgan fingerprint density at radius 3 is 3.00 bits per heavy atom. The molecule has 0 bridgehead atoms. The van der Waals surface area contributed by atoms with Gasteiger partial charge in [-0.2, -0.15) is 0 Å². The van der Waals surface area contributed by atoms with Crippen LogP contribution in [0.25, 0.3) is 0 Å². The monoisotopic (exact) mass is 185 g/mol. The Hall–Kier alpha value is -0.900. The normalized spacial score (nSPS) is 12.8. The molecule has 0 aliphatic rings. The molecule has 1 aromatic heterocycles. The van der Waals surface area contributed by atoms with E-state index in [0.717, 1.165) is 5.69 Å². The van der Waals surface area contributed by atoms with E-state index >= 15 is 0 Å². The molecule has 0 amide bonds. The summed E-state index contributed by atoms with van der Waals surface area (Å²) in [5, 5.41) is 10.6. The molecule has 1 heterocycles. The van der Waals surface area contributed by atoms with Gasteiger partial charge < -0.3 is 5.11 Å². The first-order chi connectivity index (χ1) is 5.74. The second-order valence-electron chi connectivity index (χ2n) is 2.63. The van der Waals surface area contributed by atoms with Crippen LogP contribution in [0.2, 0.25) is 0 Å². The van der Waals surface area contributed by atoms with E-state index in [2.05, 4.69) is 4.98 Å². The smallest absolute Gasteiger partial charge is 0.306 e. The van der Waals surface area contributed by atoms with Gasteiger partial charge in [0.05, 0.1) is 17.1 Å². The SMILES string of the molecule is CC[C@H](Cc1cscn1)C(=O)O. The van der Waals surface area contributed by atoms with E-state index in [-0.39, 0.29) is 5.92 Å². The number of aliphatic carboxylic acids is 1. The van der Waals surface area contributed by atoms with Crippen LogP contribution in [0.1, 0.15) is 19.0 Å². The average molecular weight is 185 g/mol. The van der Waals surface area contributed by atoms with E-state index in [9.17, 15) is 4.79 Å². The molecule has 0 fully saturated rings. The highest BCUT2D eigenvalue weighted by molar-refractivity contribution is 7.07. The summed E-state index contributed by atoms with van der Waals surface area (Å²) in [6.45, 7) is 1.88. The van der Waals surface area contributed by atoms with Gasteiger partial charge in [0.25, 0.3) is 0 Å². The predicted molar refractivity (Wildman–Crippen MR) is 47.2 cm³/mol. The molecule has 1 atom stereocenters. The lowest BCUT2D eigenvalue weighted by atomic mass is 10.0. The minimum atomic E-state index is -0.731. The maximum Gasteiger partial charge on any atom is 0.306 e. The molecule has 0 aliphatic carbocycles. The number of rotatable bonds is 4. The molecule has 0 radical (unpaired) electrons. The van der Waals surface area contributed by atoms with Crippen LogP contribution in [0.4, 0.5) is 0 Å². The Morgan fingerprint density at radius 2 is 2.58 bits per heavy atom. The molecule has 1 rings (SSSR count). The molecule has 3 nitrogen and oxygen atoms in total. The molecule has 4 heteroatoms. The van der Waals surface area contributed by atoms with Gasteiger partial charge in [-0.05, 0) is 6.42 Å². The molecule has 66 valence electrons. The second-order valence-corrected chi connectivity index (χ2v) is 3.35. The lowest BCUT2D eigenvalue weighted by Crippen LogP contribution is -2.15. The van der Waals surface area contributed by atoms with Crippen LogP contribution in [0.15, 0.2) is 10.9 Å². The predicted octanol–water partition coefficient (Wildman–Crippen LogP) is 1.80. The van der Waals surface area contributed by atoms with Gasteiger partial charge in [0.15, 0.2) is 0 Å². The van der Waals surface area contributed by atoms with Crippen molar-refractivity contribution in [2.75, 3.05) is 0 Å². The number of aromatic nitrogens is 1. The van der Waals surface area contributed by atoms with Crippen molar-refractivity contribution < 1.29 is 9.90 Å². The molecule has 12 heavy (non-hydrogen) atoms. The van der Waals surface area contributed by atoms with Crippen molar-refractivity contribution in [2.45, 2.75) is 19.8 Å². The number of thiazole rings is 1. The molecule has 0 saturated heterocycles. The summed E-state index contributed by atoms with van der Waals surface area (Å²) in [5.74, 6) is -1.02. The lowest BCUT2D eigenvalue weighted by Gasteiger charge is -2.06. The maximum absolute atomic E-state index is 10.6. The van der Waals surface area contributed by atoms with Crippen molar-refractivity contribution in [3.05, 3.63) is 16.6 Å². The fourth-order valence-corrected chi connectivity index (χ4v) is 1.57. The number of nitrogens with zero attached hydrogens (tertiary/aromatic N) is 1. The molecule has 0 aromatic carbocycles. The summed E-state index contributed by atoms with van der Waals surface area (Å²) >= 11 is 1.50. The summed E-state index contributed by atoms with van der Waals surface area (Å²) in [5.41, 5.74) is 2.61. The number of carboxylic acid groups (broad SMARTS) is 1. The second kappa shape index (κ2) is 4.21. The molecule has 0 unspecified atom stereocenters. The van der Waals surface area contributed by atoms with Gasteiger partial charge in [0.1, 0.15) is 0 Å². The van der Waals surface area contributed by atoms with E-state index in [1.807, 2.05) is 12.3 Å². The van der Waals surface area contributed by atoms with Crippen molar-refractivity contribution in [1.29, 1.82) is 0 Å². The number of carboxylic acids is 1. The van der Waals surface area contributed by atoms with E-state index in [0.29, 0.717) is 12.8 Å². The van der Waals surface area contributed by atoms with Gasteiger partial charge >= 0.3 is 5.97 Å². The topological polar surface area (TPSA) is 50.2 Å². The van der Waals surface area contributed by atoms with Crippen LogP contribution in [-0.4, -0.2) is 16.1 Å².